The second kappa shape index (κ2) is 8.45. The van der Waals surface area contributed by atoms with Gasteiger partial charge in [0, 0.05) is 26.1 Å². The van der Waals surface area contributed by atoms with Crippen molar-refractivity contribution < 1.29 is 4.74 Å². The fraction of sp³-hybridized carbons (Fsp3) is 0.846. The SMILES string of the molecule is CCCCCCCCOCN1C=CN(C)C1. The van der Waals surface area contributed by atoms with Crippen LogP contribution in [0.25, 0.3) is 0 Å². The first-order chi connectivity index (χ1) is 7.83. The van der Waals surface area contributed by atoms with Gasteiger partial charge >= 0.3 is 0 Å². The molecular weight excluding hydrogens is 200 g/mol. The summed E-state index contributed by atoms with van der Waals surface area (Å²) in [5.74, 6) is 0. The third-order valence-electron chi connectivity index (χ3n) is 2.84. The molecule has 0 amide bonds. The molecule has 0 bridgehead atoms. The van der Waals surface area contributed by atoms with Gasteiger partial charge in [-0.2, -0.15) is 0 Å². The smallest absolute Gasteiger partial charge is 0.119 e. The highest BCUT2D eigenvalue weighted by Crippen LogP contribution is 2.06. The number of ether oxygens (including phenoxy) is 1. The molecule has 0 N–H and O–H groups in total. The Balaban J connectivity index is 1.80. The van der Waals surface area contributed by atoms with Crippen LogP contribution in [0, 0.1) is 0 Å². The summed E-state index contributed by atoms with van der Waals surface area (Å²) in [5, 5.41) is 0. The quantitative estimate of drug-likeness (QED) is 0.562. The molecule has 1 heterocycles. The molecule has 0 unspecified atom stereocenters. The molecule has 0 fully saturated rings. The van der Waals surface area contributed by atoms with Gasteiger partial charge in [0.2, 0.25) is 0 Å². The zero-order chi connectivity index (χ0) is 11.6. The molecule has 1 aliphatic heterocycles. The molecule has 3 heteroatoms. The Kier molecular flexibility index (Phi) is 7.06. The van der Waals surface area contributed by atoms with Crippen molar-refractivity contribution in [3.8, 4) is 0 Å². The van der Waals surface area contributed by atoms with Gasteiger partial charge in [0.05, 0.1) is 6.67 Å². The van der Waals surface area contributed by atoms with Crippen molar-refractivity contribution in [1.29, 1.82) is 0 Å². The Bertz CT molecular complexity index is 194. The van der Waals surface area contributed by atoms with Crippen LogP contribution in [0.5, 0.6) is 0 Å². The van der Waals surface area contributed by atoms with E-state index in [1.54, 1.807) is 0 Å². The molecule has 16 heavy (non-hydrogen) atoms. The Hall–Kier alpha value is -0.700. The Morgan fingerprint density at radius 1 is 1.06 bits per heavy atom. The fourth-order valence-electron chi connectivity index (χ4n) is 1.84. The van der Waals surface area contributed by atoms with Crippen molar-refractivity contribution in [2.75, 3.05) is 27.1 Å². The summed E-state index contributed by atoms with van der Waals surface area (Å²) in [6.07, 6.45) is 12.1. The van der Waals surface area contributed by atoms with Crippen LogP contribution >= 0.6 is 0 Å². The molecule has 0 aromatic heterocycles. The van der Waals surface area contributed by atoms with E-state index in [0.29, 0.717) is 0 Å². The van der Waals surface area contributed by atoms with Gasteiger partial charge in [0.15, 0.2) is 0 Å². The zero-order valence-corrected chi connectivity index (χ0v) is 10.8. The monoisotopic (exact) mass is 226 g/mol. The van der Waals surface area contributed by atoms with Crippen molar-refractivity contribution in [3.63, 3.8) is 0 Å². The maximum atomic E-state index is 5.62. The van der Waals surface area contributed by atoms with Crippen molar-refractivity contribution in [2.24, 2.45) is 0 Å². The van der Waals surface area contributed by atoms with Gasteiger partial charge in [-0.25, -0.2) is 0 Å². The highest BCUT2D eigenvalue weighted by Gasteiger charge is 2.06. The average Bonchev–Trinajstić information content (AvgIpc) is 2.68. The predicted molar refractivity (Wildman–Crippen MR) is 67.8 cm³/mol. The standard InChI is InChI=1S/C13H26N2O/c1-3-4-5-6-7-8-11-16-13-15-10-9-14(2)12-15/h9-10H,3-8,11-13H2,1-2H3. The third kappa shape index (κ3) is 6.01. The first-order valence-electron chi connectivity index (χ1n) is 6.53. The van der Waals surface area contributed by atoms with E-state index in [-0.39, 0.29) is 0 Å². The third-order valence-corrected chi connectivity index (χ3v) is 2.84. The van der Waals surface area contributed by atoms with E-state index in [1.165, 1.54) is 38.5 Å². The van der Waals surface area contributed by atoms with E-state index < -0.39 is 0 Å². The predicted octanol–water partition coefficient (Wildman–Crippen LogP) is 3.00. The summed E-state index contributed by atoms with van der Waals surface area (Å²) in [6, 6.07) is 0. The number of unbranched alkanes of at least 4 members (excludes halogenated alkanes) is 5. The first kappa shape index (κ1) is 13.4. The first-order valence-corrected chi connectivity index (χ1v) is 6.53. The molecule has 0 saturated heterocycles. The zero-order valence-electron chi connectivity index (χ0n) is 10.8. The number of nitrogens with zero attached hydrogens (tertiary/aromatic N) is 2. The molecule has 0 aliphatic carbocycles. The van der Waals surface area contributed by atoms with Gasteiger partial charge < -0.3 is 14.5 Å². The summed E-state index contributed by atoms with van der Waals surface area (Å²) in [7, 11) is 2.07. The molecular formula is C13H26N2O. The molecule has 94 valence electrons. The summed E-state index contributed by atoms with van der Waals surface area (Å²) >= 11 is 0. The molecule has 0 saturated carbocycles. The van der Waals surface area contributed by atoms with Gasteiger partial charge in [0.1, 0.15) is 6.73 Å². The van der Waals surface area contributed by atoms with Crippen molar-refractivity contribution in [1.82, 2.24) is 9.80 Å². The van der Waals surface area contributed by atoms with Gasteiger partial charge in [-0.3, -0.25) is 0 Å². The molecule has 0 spiro atoms. The van der Waals surface area contributed by atoms with Crippen LogP contribution in [-0.2, 0) is 4.74 Å². The summed E-state index contributed by atoms with van der Waals surface area (Å²) in [4.78, 5) is 4.32. The van der Waals surface area contributed by atoms with Crippen molar-refractivity contribution in [3.05, 3.63) is 12.4 Å². The molecule has 3 nitrogen and oxygen atoms in total. The van der Waals surface area contributed by atoms with E-state index in [0.717, 1.165) is 20.0 Å². The van der Waals surface area contributed by atoms with Crippen LogP contribution in [0.15, 0.2) is 12.4 Å². The Morgan fingerprint density at radius 3 is 2.50 bits per heavy atom. The maximum absolute atomic E-state index is 5.62. The molecule has 1 aliphatic rings. The lowest BCUT2D eigenvalue weighted by atomic mass is 10.1. The second-order valence-electron chi connectivity index (χ2n) is 4.59. The number of rotatable bonds is 9. The van der Waals surface area contributed by atoms with Crippen molar-refractivity contribution in [2.45, 2.75) is 45.4 Å². The average molecular weight is 226 g/mol. The fourth-order valence-corrected chi connectivity index (χ4v) is 1.84. The molecule has 0 aromatic rings. The second-order valence-corrected chi connectivity index (χ2v) is 4.59. The van der Waals surface area contributed by atoms with Crippen LogP contribution in [0.3, 0.4) is 0 Å². The summed E-state index contributed by atoms with van der Waals surface area (Å²) < 4.78 is 5.62. The summed E-state index contributed by atoms with van der Waals surface area (Å²) in [5.41, 5.74) is 0. The summed E-state index contributed by atoms with van der Waals surface area (Å²) in [6.45, 7) is 4.84. The van der Waals surface area contributed by atoms with E-state index in [2.05, 4.69) is 36.2 Å². The highest BCUT2D eigenvalue weighted by molar-refractivity contribution is 4.87. The lowest BCUT2D eigenvalue weighted by Gasteiger charge is -2.17. The van der Waals surface area contributed by atoms with Crippen LogP contribution in [0.4, 0.5) is 0 Å². The van der Waals surface area contributed by atoms with E-state index in [9.17, 15) is 0 Å². The molecule has 0 aromatic carbocycles. The molecule has 0 radical (unpaired) electrons. The van der Waals surface area contributed by atoms with Crippen LogP contribution in [0.1, 0.15) is 45.4 Å². The topological polar surface area (TPSA) is 15.7 Å². The van der Waals surface area contributed by atoms with E-state index in [1.807, 2.05) is 0 Å². The number of hydrogen-bond acceptors (Lipinski definition) is 3. The molecule has 1 rings (SSSR count). The van der Waals surface area contributed by atoms with E-state index >= 15 is 0 Å². The largest absolute Gasteiger partial charge is 0.362 e. The lowest BCUT2D eigenvalue weighted by molar-refractivity contribution is 0.0449. The lowest BCUT2D eigenvalue weighted by Crippen LogP contribution is -2.24. The van der Waals surface area contributed by atoms with Gasteiger partial charge in [-0.1, -0.05) is 39.0 Å². The minimum Gasteiger partial charge on any atom is -0.362 e. The maximum Gasteiger partial charge on any atom is 0.119 e. The minimum atomic E-state index is 0.732. The van der Waals surface area contributed by atoms with Gasteiger partial charge in [-0.05, 0) is 6.42 Å². The Morgan fingerprint density at radius 2 is 1.81 bits per heavy atom. The highest BCUT2D eigenvalue weighted by atomic mass is 16.5. The van der Waals surface area contributed by atoms with Crippen molar-refractivity contribution >= 4 is 0 Å². The number of hydrogen-bond donors (Lipinski definition) is 0. The minimum absolute atomic E-state index is 0.732. The van der Waals surface area contributed by atoms with Crippen LogP contribution in [0.2, 0.25) is 0 Å². The molecule has 0 atom stereocenters. The normalized spacial score (nSPS) is 15.1. The van der Waals surface area contributed by atoms with Gasteiger partial charge in [-0.15, -0.1) is 0 Å². The Labute approximate surface area is 100 Å². The van der Waals surface area contributed by atoms with Crippen LogP contribution < -0.4 is 0 Å². The van der Waals surface area contributed by atoms with Gasteiger partial charge in [0.25, 0.3) is 0 Å². The van der Waals surface area contributed by atoms with Crippen LogP contribution in [-0.4, -0.2) is 36.9 Å². The van der Waals surface area contributed by atoms with E-state index in [4.69, 9.17) is 4.74 Å².